The second-order valence-electron chi connectivity index (χ2n) is 7.41. The normalized spacial score (nSPS) is 20.4. The minimum absolute atomic E-state index is 0.138. The van der Waals surface area contributed by atoms with E-state index >= 15 is 0 Å². The van der Waals surface area contributed by atoms with Gasteiger partial charge in [0.15, 0.2) is 0 Å². The molecule has 0 bridgehead atoms. The zero-order valence-corrected chi connectivity index (χ0v) is 15.6. The smallest absolute Gasteiger partial charge is 0.321 e. The Morgan fingerprint density at radius 1 is 1.19 bits per heavy atom. The van der Waals surface area contributed by atoms with Crippen molar-refractivity contribution in [1.29, 1.82) is 0 Å². The van der Waals surface area contributed by atoms with Gasteiger partial charge in [-0.05, 0) is 43.9 Å². The van der Waals surface area contributed by atoms with Crippen LogP contribution in [-0.4, -0.2) is 48.2 Å². The van der Waals surface area contributed by atoms with Crippen LogP contribution < -0.4 is 5.32 Å². The van der Waals surface area contributed by atoms with Crippen LogP contribution in [0.15, 0.2) is 24.3 Å². The Bertz CT molecular complexity index is 684. The van der Waals surface area contributed by atoms with Crippen LogP contribution in [0, 0.1) is 11.8 Å². The fraction of sp³-hybridized carbons (Fsp3) is 0.526. The molecule has 7 heteroatoms. The van der Waals surface area contributed by atoms with Crippen molar-refractivity contribution in [2.24, 2.45) is 11.8 Å². The molecular weight excluding hydrogens is 336 g/mol. The van der Waals surface area contributed by atoms with E-state index in [0.29, 0.717) is 18.7 Å². The Labute approximate surface area is 153 Å². The van der Waals surface area contributed by atoms with Gasteiger partial charge in [0.25, 0.3) is 0 Å². The van der Waals surface area contributed by atoms with Crippen molar-refractivity contribution in [2.75, 3.05) is 25.5 Å². The lowest BCUT2D eigenvalue weighted by molar-refractivity contribution is -0.146. The number of hydrogen-bond acceptors (Lipinski definition) is 4. The zero-order valence-electron chi connectivity index (χ0n) is 15.6. The van der Waals surface area contributed by atoms with Crippen molar-refractivity contribution < 1.29 is 24.2 Å². The van der Waals surface area contributed by atoms with Gasteiger partial charge in [0.1, 0.15) is 0 Å². The van der Waals surface area contributed by atoms with E-state index in [4.69, 9.17) is 4.74 Å². The molecule has 0 aromatic heterocycles. The molecule has 0 spiro atoms. The third-order valence-electron chi connectivity index (χ3n) is 4.85. The Kier molecular flexibility index (Phi) is 5.90. The zero-order chi connectivity index (χ0) is 19.5. The summed E-state index contributed by atoms with van der Waals surface area (Å²) in [4.78, 5) is 37.1. The average Bonchev–Trinajstić information content (AvgIpc) is 2.60. The molecule has 2 N–H and O–H groups in total. The standard InChI is InChI=1S/C19H26N2O5/c1-12-9-13(16(22)23)11-21(10-12)18(25)20-15-7-5-14(6-8-15)19(2,3)17(24)26-4/h5-8,12-13H,9-11H2,1-4H3,(H,20,25)(H,22,23). The van der Waals surface area contributed by atoms with E-state index < -0.39 is 17.3 Å². The van der Waals surface area contributed by atoms with Crippen LogP contribution >= 0.6 is 0 Å². The minimum Gasteiger partial charge on any atom is -0.481 e. The van der Waals surface area contributed by atoms with Gasteiger partial charge in [0.2, 0.25) is 0 Å². The molecule has 2 rings (SSSR count). The molecule has 7 nitrogen and oxygen atoms in total. The van der Waals surface area contributed by atoms with Gasteiger partial charge < -0.3 is 20.1 Å². The van der Waals surface area contributed by atoms with Crippen molar-refractivity contribution in [1.82, 2.24) is 4.90 Å². The second-order valence-corrected chi connectivity index (χ2v) is 7.41. The molecule has 1 aliphatic rings. The van der Waals surface area contributed by atoms with Crippen molar-refractivity contribution in [3.8, 4) is 0 Å². The van der Waals surface area contributed by atoms with Crippen LogP contribution in [0.5, 0.6) is 0 Å². The van der Waals surface area contributed by atoms with Crippen LogP contribution in [0.2, 0.25) is 0 Å². The molecule has 1 aromatic rings. The van der Waals surface area contributed by atoms with Crippen LogP contribution in [0.4, 0.5) is 10.5 Å². The van der Waals surface area contributed by atoms with E-state index in [1.807, 2.05) is 6.92 Å². The Morgan fingerprint density at radius 2 is 1.81 bits per heavy atom. The van der Waals surface area contributed by atoms with Crippen LogP contribution in [0.25, 0.3) is 0 Å². The highest BCUT2D eigenvalue weighted by Gasteiger charge is 2.32. The Balaban J connectivity index is 2.05. The summed E-state index contributed by atoms with van der Waals surface area (Å²) in [7, 11) is 1.35. The summed E-state index contributed by atoms with van der Waals surface area (Å²) in [5, 5.41) is 12.0. The van der Waals surface area contributed by atoms with Gasteiger partial charge in [-0.15, -0.1) is 0 Å². The van der Waals surface area contributed by atoms with Crippen molar-refractivity contribution in [2.45, 2.75) is 32.6 Å². The number of carbonyl (C=O) groups excluding carboxylic acids is 2. The fourth-order valence-corrected chi connectivity index (χ4v) is 3.24. The molecule has 1 aromatic carbocycles. The van der Waals surface area contributed by atoms with Gasteiger partial charge in [-0.3, -0.25) is 9.59 Å². The summed E-state index contributed by atoms with van der Waals surface area (Å²) < 4.78 is 4.82. The summed E-state index contributed by atoms with van der Waals surface area (Å²) in [5.41, 5.74) is 0.582. The summed E-state index contributed by atoms with van der Waals surface area (Å²) >= 11 is 0. The molecule has 0 aliphatic carbocycles. The maximum Gasteiger partial charge on any atom is 0.321 e. The SMILES string of the molecule is COC(=O)C(C)(C)c1ccc(NC(=O)N2CC(C)CC(C(=O)O)C2)cc1. The number of amides is 2. The van der Waals surface area contributed by atoms with Crippen molar-refractivity contribution in [3.05, 3.63) is 29.8 Å². The number of nitrogens with zero attached hydrogens (tertiary/aromatic N) is 1. The third-order valence-corrected chi connectivity index (χ3v) is 4.85. The molecule has 2 amide bonds. The van der Waals surface area contributed by atoms with Crippen LogP contribution in [-0.2, 0) is 19.7 Å². The first-order valence-electron chi connectivity index (χ1n) is 8.62. The first-order valence-corrected chi connectivity index (χ1v) is 8.62. The van der Waals surface area contributed by atoms with Gasteiger partial charge >= 0.3 is 18.0 Å². The Morgan fingerprint density at radius 3 is 2.35 bits per heavy atom. The molecule has 1 aliphatic heterocycles. The van der Waals surface area contributed by atoms with Gasteiger partial charge in [0, 0.05) is 18.8 Å². The number of nitrogens with one attached hydrogen (secondary N) is 1. The number of piperidine rings is 1. The topological polar surface area (TPSA) is 95.9 Å². The highest BCUT2D eigenvalue weighted by Crippen LogP contribution is 2.26. The number of hydrogen-bond donors (Lipinski definition) is 2. The largest absolute Gasteiger partial charge is 0.481 e. The number of ether oxygens (including phenoxy) is 1. The number of carboxylic acids is 1. The fourth-order valence-electron chi connectivity index (χ4n) is 3.24. The maximum atomic E-state index is 12.5. The van der Waals surface area contributed by atoms with E-state index in [9.17, 15) is 19.5 Å². The van der Waals surface area contributed by atoms with E-state index in [1.165, 1.54) is 7.11 Å². The summed E-state index contributed by atoms with van der Waals surface area (Å²) in [5.74, 6) is -1.60. The minimum atomic E-state index is -0.872. The monoisotopic (exact) mass is 362 g/mol. The Hall–Kier alpha value is -2.57. The molecular formula is C19H26N2O5. The predicted molar refractivity (Wildman–Crippen MR) is 97.0 cm³/mol. The molecule has 2 atom stereocenters. The maximum absolute atomic E-state index is 12.5. The highest BCUT2D eigenvalue weighted by molar-refractivity contribution is 5.90. The number of rotatable bonds is 4. The number of likely N-dealkylation sites (tertiary alicyclic amines) is 1. The van der Waals surface area contributed by atoms with Crippen LogP contribution in [0.1, 0.15) is 32.8 Å². The molecule has 142 valence electrons. The molecule has 1 fully saturated rings. The quantitative estimate of drug-likeness (QED) is 0.803. The molecule has 26 heavy (non-hydrogen) atoms. The first-order chi connectivity index (χ1) is 12.1. The number of anilines is 1. The summed E-state index contributed by atoms with van der Waals surface area (Å²) in [6.07, 6.45) is 0.580. The molecule has 1 saturated heterocycles. The van der Waals surface area contributed by atoms with Crippen molar-refractivity contribution >= 4 is 23.7 Å². The van der Waals surface area contributed by atoms with Gasteiger partial charge in [-0.1, -0.05) is 19.1 Å². The van der Waals surface area contributed by atoms with E-state index in [1.54, 1.807) is 43.0 Å². The lowest BCUT2D eigenvalue weighted by Gasteiger charge is -2.34. The van der Waals surface area contributed by atoms with E-state index in [-0.39, 0.29) is 24.5 Å². The van der Waals surface area contributed by atoms with Gasteiger partial charge in [-0.25, -0.2) is 4.79 Å². The number of aliphatic carboxylic acids is 1. The van der Waals surface area contributed by atoms with Gasteiger partial charge in [0.05, 0.1) is 18.4 Å². The lowest BCUT2D eigenvalue weighted by atomic mass is 9.85. The molecule has 0 radical (unpaired) electrons. The number of carboxylic acid groups (broad SMARTS) is 1. The van der Waals surface area contributed by atoms with Crippen molar-refractivity contribution in [3.63, 3.8) is 0 Å². The molecule has 2 unspecified atom stereocenters. The summed E-state index contributed by atoms with van der Waals surface area (Å²) in [6, 6.07) is 6.67. The number of benzene rings is 1. The molecule has 1 heterocycles. The van der Waals surface area contributed by atoms with Gasteiger partial charge in [-0.2, -0.15) is 0 Å². The summed E-state index contributed by atoms with van der Waals surface area (Å²) in [6.45, 7) is 6.22. The third kappa shape index (κ3) is 4.33. The second kappa shape index (κ2) is 7.76. The highest BCUT2D eigenvalue weighted by atomic mass is 16.5. The number of esters is 1. The number of urea groups is 1. The predicted octanol–water partition coefficient (Wildman–Crippen LogP) is 2.71. The van der Waals surface area contributed by atoms with Crippen LogP contribution in [0.3, 0.4) is 0 Å². The number of carbonyl (C=O) groups is 3. The lowest BCUT2D eigenvalue weighted by Crippen LogP contribution is -2.47. The average molecular weight is 362 g/mol. The van der Waals surface area contributed by atoms with E-state index in [0.717, 1.165) is 5.56 Å². The number of methoxy groups -OCH3 is 1. The van der Waals surface area contributed by atoms with E-state index in [2.05, 4.69) is 5.32 Å². The molecule has 0 saturated carbocycles. The first kappa shape index (κ1) is 19.8.